The van der Waals surface area contributed by atoms with Gasteiger partial charge in [0.15, 0.2) is 0 Å². The summed E-state index contributed by atoms with van der Waals surface area (Å²) < 4.78 is 28.0. The molecule has 0 bridgehead atoms. The third-order valence-corrected chi connectivity index (χ3v) is 8.87. The maximum absolute atomic E-state index is 12.6. The van der Waals surface area contributed by atoms with Gasteiger partial charge in [0.1, 0.15) is 4.21 Å². The molecule has 0 amide bonds. The molecule has 2 aromatic heterocycles. The Labute approximate surface area is 136 Å². The van der Waals surface area contributed by atoms with E-state index in [0.29, 0.717) is 4.21 Å². The minimum absolute atomic E-state index is 0.167. The molecular weight excluding hydrogens is 378 g/mol. The summed E-state index contributed by atoms with van der Waals surface area (Å²) >= 11 is 6.27. The minimum Gasteiger partial charge on any atom is -0.206 e. The third-order valence-electron chi connectivity index (χ3n) is 3.19. The number of hydrogen-bond donors (Lipinski definition) is 0. The number of aryl methyl sites for hydroxylation is 2. The van der Waals surface area contributed by atoms with E-state index in [9.17, 15) is 8.42 Å². The van der Waals surface area contributed by atoms with Crippen molar-refractivity contribution in [3.8, 4) is 0 Å². The number of thiophene rings is 2. The van der Waals surface area contributed by atoms with Gasteiger partial charge >= 0.3 is 0 Å². The summed E-state index contributed by atoms with van der Waals surface area (Å²) in [6.07, 6.45) is 0. The predicted molar refractivity (Wildman–Crippen MR) is 89.2 cm³/mol. The van der Waals surface area contributed by atoms with Crippen LogP contribution in [0.2, 0.25) is 0 Å². The zero-order chi connectivity index (χ0) is 15.1. The van der Waals surface area contributed by atoms with Crippen LogP contribution in [-0.4, -0.2) is 19.8 Å². The van der Waals surface area contributed by atoms with E-state index in [4.69, 9.17) is 0 Å². The van der Waals surface area contributed by atoms with Crippen LogP contribution in [0, 0.1) is 13.8 Å². The first kappa shape index (κ1) is 16.2. The Balaban J connectivity index is 2.33. The van der Waals surface area contributed by atoms with Gasteiger partial charge in [0, 0.05) is 16.8 Å². The van der Waals surface area contributed by atoms with Crippen LogP contribution in [0.1, 0.15) is 28.3 Å². The smallest absolute Gasteiger partial charge is 0.206 e. The number of halogens is 1. The predicted octanol–water partition coefficient (Wildman–Crippen LogP) is 4.57. The second kappa shape index (κ2) is 5.88. The van der Waals surface area contributed by atoms with Gasteiger partial charge in [-0.05, 0) is 60.5 Å². The molecule has 2 rings (SSSR count). The molecule has 2 heterocycles. The van der Waals surface area contributed by atoms with Crippen molar-refractivity contribution in [3.05, 3.63) is 37.3 Å². The lowest BCUT2D eigenvalue weighted by Crippen LogP contribution is -2.28. The van der Waals surface area contributed by atoms with E-state index in [1.54, 1.807) is 24.5 Å². The van der Waals surface area contributed by atoms with Crippen molar-refractivity contribution >= 4 is 48.6 Å². The van der Waals surface area contributed by atoms with Crippen LogP contribution in [0.4, 0.5) is 0 Å². The molecule has 20 heavy (non-hydrogen) atoms. The molecule has 110 valence electrons. The van der Waals surface area contributed by atoms with Crippen molar-refractivity contribution in [2.75, 3.05) is 7.05 Å². The Morgan fingerprint density at radius 1 is 1.25 bits per heavy atom. The molecule has 0 aromatic carbocycles. The monoisotopic (exact) mass is 393 g/mol. The van der Waals surface area contributed by atoms with Crippen LogP contribution in [-0.2, 0) is 10.0 Å². The summed E-state index contributed by atoms with van der Waals surface area (Å²) in [5.41, 5.74) is 0.946. The fourth-order valence-corrected chi connectivity index (χ4v) is 6.56. The SMILES string of the molecule is Cc1ccc(C(C)N(C)S(=O)(=O)c2cc(C)c(Br)s2)s1. The molecule has 0 saturated heterocycles. The van der Waals surface area contributed by atoms with Crippen LogP contribution in [0.25, 0.3) is 0 Å². The highest BCUT2D eigenvalue weighted by Crippen LogP contribution is 2.35. The normalized spacial score (nSPS) is 13.9. The Hall–Kier alpha value is -0.210. The Morgan fingerprint density at radius 3 is 2.35 bits per heavy atom. The van der Waals surface area contributed by atoms with Crippen LogP contribution in [0.3, 0.4) is 0 Å². The van der Waals surface area contributed by atoms with Crippen LogP contribution in [0.5, 0.6) is 0 Å². The van der Waals surface area contributed by atoms with E-state index in [0.717, 1.165) is 14.2 Å². The zero-order valence-electron chi connectivity index (χ0n) is 11.7. The van der Waals surface area contributed by atoms with Gasteiger partial charge in [0.05, 0.1) is 9.83 Å². The molecule has 7 heteroatoms. The Kier molecular flexibility index (Phi) is 4.76. The van der Waals surface area contributed by atoms with E-state index >= 15 is 0 Å². The lowest BCUT2D eigenvalue weighted by Gasteiger charge is -2.22. The molecule has 3 nitrogen and oxygen atoms in total. The van der Waals surface area contributed by atoms with E-state index in [2.05, 4.69) is 15.9 Å². The summed E-state index contributed by atoms with van der Waals surface area (Å²) in [6.45, 7) is 5.83. The van der Waals surface area contributed by atoms with Crippen molar-refractivity contribution < 1.29 is 8.42 Å². The maximum atomic E-state index is 12.6. The van der Waals surface area contributed by atoms with Gasteiger partial charge in [-0.3, -0.25) is 0 Å². The fraction of sp³-hybridized carbons (Fsp3) is 0.385. The Morgan fingerprint density at radius 2 is 1.90 bits per heavy atom. The van der Waals surface area contributed by atoms with E-state index < -0.39 is 10.0 Å². The Bertz CT molecular complexity index is 698. The van der Waals surface area contributed by atoms with Gasteiger partial charge in [-0.15, -0.1) is 22.7 Å². The molecule has 0 aliphatic heterocycles. The highest BCUT2D eigenvalue weighted by Gasteiger charge is 2.28. The van der Waals surface area contributed by atoms with Crippen molar-refractivity contribution in [1.82, 2.24) is 4.31 Å². The summed E-state index contributed by atoms with van der Waals surface area (Å²) in [4.78, 5) is 2.24. The van der Waals surface area contributed by atoms with Crippen molar-refractivity contribution in [1.29, 1.82) is 0 Å². The number of nitrogens with zero attached hydrogens (tertiary/aromatic N) is 1. The number of sulfonamides is 1. The highest BCUT2D eigenvalue weighted by atomic mass is 79.9. The molecule has 0 fully saturated rings. The number of hydrogen-bond acceptors (Lipinski definition) is 4. The molecule has 0 aliphatic carbocycles. The van der Waals surface area contributed by atoms with Gasteiger partial charge in [0.25, 0.3) is 10.0 Å². The first-order valence-corrected chi connectivity index (χ1v) is 9.90. The van der Waals surface area contributed by atoms with E-state index in [1.165, 1.54) is 20.5 Å². The second-order valence-electron chi connectivity index (χ2n) is 4.67. The molecule has 0 radical (unpaired) electrons. The summed E-state index contributed by atoms with van der Waals surface area (Å²) in [5, 5.41) is 0. The quantitative estimate of drug-likeness (QED) is 0.762. The second-order valence-corrected chi connectivity index (χ2v) is 10.6. The van der Waals surface area contributed by atoms with Crippen LogP contribution >= 0.6 is 38.6 Å². The van der Waals surface area contributed by atoms with E-state index in [-0.39, 0.29) is 6.04 Å². The molecule has 1 atom stereocenters. The molecule has 0 spiro atoms. The first-order chi connectivity index (χ1) is 9.23. The van der Waals surface area contributed by atoms with Crippen molar-refractivity contribution in [2.24, 2.45) is 0 Å². The maximum Gasteiger partial charge on any atom is 0.252 e. The average molecular weight is 394 g/mol. The van der Waals surface area contributed by atoms with Crippen molar-refractivity contribution in [3.63, 3.8) is 0 Å². The summed E-state index contributed by atoms with van der Waals surface area (Å²) in [6, 6.07) is 5.56. The van der Waals surface area contributed by atoms with Crippen LogP contribution < -0.4 is 0 Å². The van der Waals surface area contributed by atoms with E-state index in [1.807, 2.05) is 32.9 Å². The highest BCUT2D eigenvalue weighted by molar-refractivity contribution is 9.11. The van der Waals surface area contributed by atoms with Crippen LogP contribution in [0.15, 0.2) is 26.2 Å². The van der Waals surface area contributed by atoms with Gasteiger partial charge in [-0.2, -0.15) is 4.31 Å². The minimum atomic E-state index is -3.45. The summed E-state index contributed by atoms with van der Waals surface area (Å²) in [7, 11) is -1.81. The zero-order valence-corrected chi connectivity index (χ0v) is 15.7. The molecule has 1 unspecified atom stereocenters. The van der Waals surface area contributed by atoms with Gasteiger partial charge in [0.2, 0.25) is 0 Å². The fourth-order valence-electron chi connectivity index (χ4n) is 1.77. The van der Waals surface area contributed by atoms with Crippen molar-refractivity contribution in [2.45, 2.75) is 31.0 Å². The molecule has 0 N–H and O–H groups in total. The number of rotatable bonds is 4. The van der Waals surface area contributed by atoms with Gasteiger partial charge in [-0.25, -0.2) is 8.42 Å². The molecule has 0 aliphatic rings. The standard InChI is InChI=1S/C13H16BrNO2S3/c1-8-7-12(19-13(8)14)20(16,17)15(4)10(3)11-6-5-9(2)18-11/h5-7,10H,1-4H3. The first-order valence-electron chi connectivity index (χ1n) is 6.03. The lowest BCUT2D eigenvalue weighted by molar-refractivity contribution is 0.404. The lowest BCUT2D eigenvalue weighted by atomic mass is 10.3. The summed E-state index contributed by atoms with van der Waals surface area (Å²) in [5.74, 6) is 0. The van der Waals surface area contributed by atoms with Gasteiger partial charge < -0.3 is 0 Å². The largest absolute Gasteiger partial charge is 0.252 e. The topological polar surface area (TPSA) is 37.4 Å². The average Bonchev–Trinajstić information content (AvgIpc) is 2.95. The molecule has 2 aromatic rings. The third kappa shape index (κ3) is 3.01. The van der Waals surface area contributed by atoms with Gasteiger partial charge in [-0.1, -0.05) is 0 Å². The molecular formula is C13H16BrNO2S3. The molecule has 0 saturated carbocycles.